The monoisotopic (exact) mass is 498 g/mol. The van der Waals surface area contributed by atoms with Crippen molar-refractivity contribution < 1.29 is 9.53 Å². The fourth-order valence-corrected chi connectivity index (χ4v) is 4.23. The molecule has 0 unspecified atom stereocenters. The lowest BCUT2D eigenvalue weighted by molar-refractivity contribution is -0.115. The van der Waals surface area contributed by atoms with Crippen LogP contribution in [0.15, 0.2) is 84.0 Å². The van der Waals surface area contributed by atoms with Crippen LogP contribution in [0.4, 0.5) is 5.69 Å². The molecule has 0 atom stereocenters. The van der Waals surface area contributed by atoms with E-state index in [1.54, 1.807) is 36.4 Å². The van der Waals surface area contributed by atoms with Gasteiger partial charge in [-0.1, -0.05) is 65.3 Å². The van der Waals surface area contributed by atoms with Gasteiger partial charge in [-0.3, -0.25) is 9.36 Å². The van der Waals surface area contributed by atoms with Crippen molar-refractivity contribution in [2.75, 3.05) is 11.1 Å². The van der Waals surface area contributed by atoms with Gasteiger partial charge in [-0.2, -0.15) is 0 Å². The molecule has 0 aliphatic carbocycles. The minimum absolute atomic E-state index is 0.118. The number of hydrogen-bond donors (Lipinski definition) is 1. The Balaban J connectivity index is 1.43. The standard InChI is InChI=1S/C24H20Cl2N4O2S/c25-17-10-12-19(13-11-17)32-16-22-28-29-24(30(22)18-6-2-1-3-7-18)33-15-14-23(31)27-21-9-5-4-8-20(21)26/h1-13H,14-16H2,(H,27,31). The number of aromatic nitrogens is 3. The van der Waals surface area contributed by atoms with Crippen LogP contribution < -0.4 is 10.1 Å². The number of anilines is 1. The summed E-state index contributed by atoms with van der Waals surface area (Å²) in [6.45, 7) is 0.233. The SMILES string of the molecule is O=C(CCSc1nnc(COc2ccc(Cl)cc2)n1-c1ccccc1)Nc1ccccc1Cl. The number of carbonyl (C=O) groups is 1. The Hall–Kier alpha value is -3.00. The number of carbonyl (C=O) groups excluding carboxylic acids is 1. The molecule has 9 heteroatoms. The Morgan fingerprint density at radius 2 is 1.67 bits per heavy atom. The van der Waals surface area contributed by atoms with Crippen molar-refractivity contribution in [1.82, 2.24) is 14.8 Å². The minimum atomic E-state index is -0.118. The third-order valence-electron chi connectivity index (χ3n) is 4.60. The van der Waals surface area contributed by atoms with Crippen molar-refractivity contribution >= 4 is 46.6 Å². The van der Waals surface area contributed by atoms with Gasteiger partial charge >= 0.3 is 0 Å². The third kappa shape index (κ3) is 6.28. The molecular weight excluding hydrogens is 479 g/mol. The largest absolute Gasteiger partial charge is 0.486 e. The summed E-state index contributed by atoms with van der Waals surface area (Å²) in [5.41, 5.74) is 1.52. The van der Waals surface area contributed by atoms with Gasteiger partial charge in [0.15, 0.2) is 11.0 Å². The zero-order valence-corrected chi connectivity index (χ0v) is 19.8. The number of para-hydroxylation sites is 2. The molecule has 1 N–H and O–H groups in total. The molecule has 3 aromatic carbocycles. The zero-order valence-electron chi connectivity index (χ0n) is 17.4. The molecule has 168 valence electrons. The highest BCUT2D eigenvalue weighted by atomic mass is 35.5. The first-order valence-corrected chi connectivity index (χ1v) is 11.9. The molecule has 0 fully saturated rings. The number of ether oxygens (including phenoxy) is 1. The van der Waals surface area contributed by atoms with Gasteiger partial charge in [0.1, 0.15) is 12.4 Å². The van der Waals surface area contributed by atoms with Gasteiger partial charge in [0.2, 0.25) is 5.91 Å². The maximum Gasteiger partial charge on any atom is 0.225 e. The van der Waals surface area contributed by atoms with E-state index in [4.69, 9.17) is 27.9 Å². The van der Waals surface area contributed by atoms with Crippen LogP contribution in [0, 0.1) is 0 Å². The summed E-state index contributed by atoms with van der Waals surface area (Å²) in [4.78, 5) is 12.3. The smallest absolute Gasteiger partial charge is 0.225 e. The zero-order chi connectivity index (χ0) is 23.0. The van der Waals surface area contributed by atoms with E-state index in [9.17, 15) is 4.79 Å². The van der Waals surface area contributed by atoms with Gasteiger partial charge in [-0.05, 0) is 48.5 Å². The lowest BCUT2D eigenvalue weighted by atomic mass is 10.3. The maximum atomic E-state index is 12.3. The highest BCUT2D eigenvalue weighted by molar-refractivity contribution is 7.99. The molecule has 0 aliphatic heterocycles. The van der Waals surface area contributed by atoms with Crippen LogP contribution >= 0.6 is 35.0 Å². The number of halogens is 2. The van der Waals surface area contributed by atoms with E-state index in [0.717, 1.165) is 5.69 Å². The quantitative estimate of drug-likeness (QED) is 0.275. The summed E-state index contributed by atoms with van der Waals surface area (Å²) in [5.74, 6) is 1.75. The van der Waals surface area contributed by atoms with E-state index in [-0.39, 0.29) is 12.5 Å². The normalized spacial score (nSPS) is 10.7. The second-order valence-electron chi connectivity index (χ2n) is 6.94. The van der Waals surface area contributed by atoms with E-state index < -0.39 is 0 Å². The Bertz CT molecular complexity index is 1220. The summed E-state index contributed by atoms with van der Waals surface area (Å²) in [6.07, 6.45) is 0.300. The number of benzene rings is 3. The van der Waals surface area contributed by atoms with Crippen LogP contribution in [0.3, 0.4) is 0 Å². The summed E-state index contributed by atoms with van der Waals surface area (Å²) in [6, 6.07) is 24.1. The summed E-state index contributed by atoms with van der Waals surface area (Å²) in [7, 11) is 0. The topological polar surface area (TPSA) is 69.0 Å². The molecule has 1 aromatic heterocycles. The number of nitrogens with one attached hydrogen (secondary N) is 1. The highest BCUT2D eigenvalue weighted by Gasteiger charge is 2.16. The second-order valence-corrected chi connectivity index (χ2v) is 8.84. The van der Waals surface area contributed by atoms with Crippen LogP contribution in [0.5, 0.6) is 5.75 Å². The van der Waals surface area contributed by atoms with Crippen LogP contribution in [0.1, 0.15) is 12.2 Å². The predicted molar refractivity (Wildman–Crippen MR) is 133 cm³/mol. The van der Waals surface area contributed by atoms with E-state index >= 15 is 0 Å². The molecule has 0 saturated heterocycles. The lowest BCUT2D eigenvalue weighted by Crippen LogP contribution is -2.12. The van der Waals surface area contributed by atoms with Gasteiger partial charge in [-0.15, -0.1) is 10.2 Å². The second kappa shape index (κ2) is 11.2. The first-order valence-electron chi connectivity index (χ1n) is 10.2. The average Bonchev–Trinajstić information content (AvgIpc) is 3.23. The molecule has 0 bridgehead atoms. The van der Waals surface area contributed by atoms with Crippen LogP contribution in [-0.2, 0) is 11.4 Å². The lowest BCUT2D eigenvalue weighted by Gasteiger charge is -2.11. The molecule has 6 nitrogen and oxygen atoms in total. The predicted octanol–water partition coefficient (Wildman–Crippen LogP) is 6.27. The molecule has 4 aromatic rings. The molecular formula is C24H20Cl2N4O2S. The maximum absolute atomic E-state index is 12.3. The van der Waals surface area contributed by atoms with Gasteiger partial charge in [0.05, 0.1) is 10.7 Å². The molecule has 1 amide bonds. The van der Waals surface area contributed by atoms with Crippen molar-refractivity contribution in [2.45, 2.75) is 18.2 Å². The van der Waals surface area contributed by atoms with Crippen molar-refractivity contribution in [3.63, 3.8) is 0 Å². The van der Waals surface area contributed by atoms with Crippen molar-refractivity contribution in [1.29, 1.82) is 0 Å². The first-order chi connectivity index (χ1) is 16.1. The number of amides is 1. The Morgan fingerprint density at radius 1 is 0.939 bits per heavy atom. The van der Waals surface area contributed by atoms with E-state index in [1.807, 2.05) is 47.0 Å². The molecule has 0 saturated carbocycles. The molecule has 0 radical (unpaired) electrons. The minimum Gasteiger partial charge on any atom is -0.486 e. The van der Waals surface area contributed by atoms with Crippen LogP contribution in [0.2, 0.25) is 10.0 Å². The molecule has 33 heavy (non-hydrogen) atoms. The van der Waals surface area contributed by atoms with E-state index in [1.165, 1.54) is 11.8 Å². The number of thioether (sulfide) groups is 1. The molecule has 4 rings (SSSR count). The third-order valence-corrected chi connectivity index (χ3v) is 6.12. The summed E-state index contributed by atoms with van der Waals surface area (Å²) < 4.78 is 7.81. The van der Waals surface area contributed by atoms with E-state index in [2.05, 4.69) is 15.5 Å². The molecule has 0 spiro atoms. The highest BCUT2D eigenvalue weighted by Crippen LogP contribution is 2.25. The summed E-state index contributed by atoms with van der Waals surface area (Å²) in [5, 5.41) is 13.3. The first kappa shape index (κ1) is 23.2. The molecule has 0 aliphatic rings. The van der Waals surface area contributed by atoms with Crippen molar-refractivity contribution in [3.05, 3.63) is 94.7 Å². The van der Waals surface area contributed by atoms with E-state index in [0.29, 0.717) is 44.6 Å². The van der Waals surface area contributed by atoms with Gasteiger partial charge in [0, 0.05) is 22.9 Å². The fourth-order valence-electron chi connectivity index (χ4n) is 3.01. The number of nitrogens with zero attached hydrogens (tertiary/aromatic N) is 3. The molecule has 1 heterocycles. The van der Waals surface area contributed by atoms with Gasteiger partial charge < -0.3 is 10.1 Å². The Labute approximate surface area is 205 Å². The average molecular weight is 499 g/mol. The Morgan fingerprint density at radius 3 is 2.42 bits per heavy atom. The van der Waals surface area contributed by atoms with Crippen molar-refractivity contribution in [2.24, 2.45) is 0 Å². The van der Waals surface area contributed by atoms with Gasteiger partial charge in [-0.25, -0.2) is 0 Å². The van der Waals surface area contributed by atoms with Crippen molar-refractivity contribution in [3.8, 4) is 11.4 Å². The van der Waals surface area contributed by atoms with Crippen LogP contribution in [0.25, 0.3) is 5.69 Å². The van der Waals surface area contributed by atoms with Gasteiger partial charge in [0.25, 0.3) is 0 Å². The number of hydrogen-bond acceptors (Lipinski definition) is 5. The summed E-state index contributed by atoms with van der Waals surface area (Å²) >= 11 is 13.5. The van der Waals surface area contributed by atoms with Crippen LogP contribution in [-0.4, -0.2) is 26.4 Å². The fraction of sp³-hybridized carbons (Fsp3) is 0.125. The number of rotatable bonds is 9. The Kier molecular flexibility index (Phi) is 7.88.